The third kappa shape index (κ3) is 5.91. The first-order valence-electron chi connectivity index (χ1n) is 11.8. The van der Waals surface area contributed by atoms with Crippen molar-refractivity contribution in [3.05, 3.63) is 107 Å². The Morgan fingerprint density at radius 3 is 2.58 bits per heavy atom. The number of hydrogen-bond donors (Lipinski definition) is 2. The molecule has 1 aromatic heterocycles. The van der Waals surface area contributed by atoms with Crippen molar-refractivity contribution >= 4 is 16.8 Å². The average Bonchev–Trinajstić information content (AvgIpc) is 3.21. The number of nitrogens with zero attached hydrogens (tertiary/aromatic N) is 1. The van der Waals surface area contributed by atoms with E-state index in [0.717, 1.165) is 48.1 Å². The van der Waals surface area contributed by atoms with Gasteiger partial charge in [-0.2, -0.15) is 0 Å². The SMILES string of the molecule is Cc1cccc(CNC(=O)c2cn(CCCNCC(C)c3ccccc3)c3ccccc23)c1. The summed E-state index contributed by atoms with van der Waals surface area (Å²) < 4.78 is 2.21. The zero-order valence-electron chi connectivity index (χ0n) is 19.6. The standard InChI is InChI=1S/C29H33N3O/c1-22-10-8-11-24(18-22)20-31-29(33)27-21-32(28-15-7-6-14-26(27)28)17-9-16-30-19-23(2)25-12-4-3-5-13-25/h3-8,10-15,18,21,23,30H,9,16-17,19-20H2,1-2H3,(H,31,33). The van der Waals surface area contributed by atoms with Crippen molar-refractivity contribution in [1.29, 1.82) is 0 Å². The molecule has 4 nitrogen and oxygen atoms in total. The quantitative estimate of drug-likeness (QED) is 0.313. The molecule has 170 valence electrons. The minimum Gasteiger partial charge on any atom is -0.348 e. The summed E-state index contributed by atoms with van der Waals surface area (Å²) >= 11 is 0. The number of benzene rings is 3. The van der Waals surface area contributed by atoms with Crippen LogP contribution >= 0.6 is 0 Å². The Kier molecular flexibility index (Phi) is 7.59. The molecule has 0 saturated carbocycles. The van der Waals surface area contributed by atoms with Gasteiger partial charge in [-0.1, -0.05) is 85.3 Å². The highest BCUT2D eigenvalue weighted by molar-refractivity contribution is 6.07. The van der Waals surface area contributed by atoms with Gasteiger partial charge in [0, 0.05) is 36.7 Å². The van der Waals surface area contributed by atoms with E-state index in [2.05, 4.69) is 77.6 Å². The Hall–Kier alpha value is -3.37. The van der Waals surface area contributed by atoms with Gasteiger partial charge in [-0.25, -0.2) is 0 Å². The molecular formula is C29H33N3O. The van der Waals surface area contributed by atoms with Crippen molar-refractivity contribution in [3.63, 3.8) is 0 Å². The maximum atomic E-state index is 13.0. The Morgan fingerprint density at radius 2 is 1.76 bits per heavy atom. The van der Waals surface area contributed by atoms with Crippen LogP contribution in [-0.4, -0.2) is 23.6 Å². The van der Waals surface area contributed by atoms with Gasteiger partial charge in [-0.05, 0) is 43.0 Å². The normalized spacial score (nSPS) is 12.1. The Labute approximate surface area is 196 Å². The summed E-state index contributed by atoms with van der Waals surface area (Å²) in [5, 5.41) is 7.67. The molecule has 0 aliphatic rings. The van der Waals surface area contributed by atoms with E-state index in [1.807, 2.05) is 36.5 Å². The highest BCUT2D eigenvalue weighted by atomic mass is 16.1. The van der Waals surface area contributed by atoms with Crippen LogP contribution in [0.1, 0.15) is 46.3 Å². The zero-order valence-corrected chi connectivity index (χ0v) is 19.6. The van der Waals surface area contributed by atoms with Crippen molar-refractivity contribution in [2.45, 2.75) is 39.3 Å². The van der Waals surface area contributed by atoms with Gasteiger partial charge in [-0.3, -0.25) is 4.79 Å². The van der Waals surface area contributed by atoms with Crippen LogP contribution in [0.3, 0.4) is 0 Å². The highest BCUT2D eigenvalue weighted by Crippen LogP contribution is 2.22. The predicted octanol–water partition coefficient (Wildman–Crippen LogP) is 5.66. The van der Waals surface area contributed by atoms with Crippen LogP contribution in [-0.2, 0) is 13.1 Å². The second kappa shape index (κ2) is 11.0. The molecule has 1 unspecified atom stereocenters. The van der Waals surface area contributed by atoms with Crippen LogP contribution in [0.4, 0.5) is 0 Å². The maximum Gasteiger partial charge on any atom is 0.253 e. The molecule has 0 saturated heterocycles. The van der Waals surface area contributed by atoms with E-state index in [4.69, 9.17) is 0 Å². The van der Waals surface area contributed by atoms with E-state index >= 15 is 0 Å². The molecule has 0 spiro atoms. The van der Waals surface area contributed by atoms with E-state index in [1.54, 1.807) is 0 Å². The first kappa shape index (κ1) is 22.8. The van der Waals surface area contributed by atoms with Crippen molar-refractivity contribution in [2.24, 2.45) is 0 Å². The fourth-order valence-electron chi connectivity index (χ4n) is 4.30. The molecule has 1 heterocycles. The number of carbonyl (C=O) groups excluding carboxylic acids is 1. The van der Waals surface area contributed by atoms with E-state index in [9.17, 15) is 4.79 Å². The summed E-state index contributed by atoms with van der Waals surface area (Å²) in [5.41, 5.74) is 5.52. The molecule has 33 heavy (non-hydrogen) atoms. The van der Waals surface area contributed by atoms with Crippen LogP contribution in [0.25, 0.3) is 10.9 Å². The molecule has 1 atom stereocenters. The summed E-state index contributed by atoms with van der Waals surface area (Å²) in [4.78, 5) is 13.0. The zero-order chi connectivity index (χ0) is 23.0. The molecule has 0 fully saturated rings. The molecule has 0 radical (unpaired) electrons. The number of aromatic nitrogens is 1. The van der Waals surface area contributed by atoms with Gasteiger partial charge < -0.3 is 15.2 Å². The average molecular weight is 440 g/mol. The molecule has 1 amide bonds. The number of amides is 1. The fourth-order valence-corrected chi connectivity index (χ4v) is 4.30. The van der Waals surface area contributed by atoms with Crippen LogP contribution in [0.5, 0.6) is 0 Å². The molecule has 4 aromatic rings. The summed E-state index contributed by atoms with van der Waals surface area (Å²) in [5.74, 6) is 0.462. The van der Waals surface area contributed by atoms with Gasteiger partial charge in [0.15, 0.2) is 0 Å². The smallest absolute Gasteiger partial charge is 0.253 e. The van der Waals surface area contributed by atoms with E-state index in [-0.39, 0.29) is 5.91 Å². The van der Waals surface area contributed by atoms with Gasteiger partial charge >= 0.3 is 0 Å². The summed E-state index contributed by atoms with van der Waals surface area (Å²) in [6.07, 6.45) is 3.01. The molecule has 0 bridgehead atoms. The number of rotatable bonds is 10. The van der Waals surface area contributed by atoms with Crippen LogP contribution < -0.4 is 10.6 Å². The van der Waals surface area contributed by atoms with Crippen molar-refractivity contribution in [2.75, 3.05) is 13.1 Å². The maximum absolute atomic E-state index is 13.0. The Morgan fingerprint density at radius 1 is 0.970 bits per heavy atom. The summed E-state index contributed by atoms with van der Waals surface area (Å²) in [6, 6.07) is 27.0. The fraction of sp³-hybridized carbons (Fsp3) is 0.276. The number of para-hydroxylation sites is 1. The lowest BCUT2D eigenvalue weighted by molar-refractivity contribution is 0.0952. The van der Waals surface area contributed by atoms with E-state index in [1.165, 1.54) is 11.1 Å². The van der Waals surface area contributed by atoms with Crippen LogP contribution in [0.15, 0.2) is 85.1 Å². The summed E-state index contributed by atoms with van der Waals surface area (Å²) in [7, 11) is 0. The topological polar surface area (TPSA) is 46.1 Å². The lowest BCUT2D eigenvalue weighted by Gasteiger charge is -2.13. The monoisotopic (exact) mass is 439 g/mol. The third-order valence-corrected chi connectivity index (χ3v) is 6.14. The van der Waals surface area contributed by atoms with E-state index in [0.29, 0.717) is 12.5 Å². The van der Waals surface area contributed by atoms with Crippen molar-refractivity contribution in [1.82, 2.24) is 15.2 Å². The van der Waals surface area contributed by atoms with E-state index < -0.39 is 0 Å². The second-order valence-electron chi connectivity index (χ2n) is 8.79. The Balaban J connectivity index is 1.34. The first-order chi connectivity index (χ1) is 16.1. The largest absolute Gasteiger partial charge is 0.348 e. The minimum atomic E-state index is -0.0266. The predicted molar refractivity (Wildman–Crippen MR) is 137 cm³/mol. The van der Waals surface area contributed by atoms with Crippen LogP contribution in [0.2, 0.25) is 0 Å². The van der Waals surface area contributed by atoms with Crippen LogP contribution in [0, 0.1) is 6.92 Å². The first-order valence-corrected chi connectivity index (χ1v) is 11.8. The van der Waals surface area contributed by atoms with Crippen molar-refractivity contribution < 1.29 is 4.79 Å². The second-order valence-corrected chi connectivity index (χ2v) is 8.79. The Bertz CT molecular complexity index is 1200. The van der Waals surface area contributed by atoms with Gasteiger partial charge in [0.05, 0.1) is 5.56 Å². The molecule has 2 N–H and O–H groups in total. The number of fused-ring (bicyclic) bond motifs is 1. The number of nitrogens with one attached hydrogen (secondary N) is 2. The molecule has 3 aromatic carbocycles. The lowest BCUT2D eigenvalue weighted by Crippen LogP contribution is -2.23. The molecular weight excluding hydrogens is 406 g/mol. The summed E-state index contributed by atoms with van der Waals surface area (Å²) in [6.45, 7) is 7.63. The number of aryl methyl sites for hydroxylation is 2. The lowest BCUT2D eigenvalue weighted by atomic mass is 10.0. The molecule has 4 heteroatoms. The van der Waals surface area contributed by atoms with Gasteiger partial charge in [0.2, 0.25) is 0 Å². The van der Waals surface area contributed by atoms with Gasteiger partial charge in [0.1, 0.15) is 0 Å². The number of hydrogen-bond acceptors (Lipinski definition) is 2. The minimum absolute atomic E-state index is 0.0266. The number of carbonyl (C=O) groups is 1. The van der Waals surface area contributed by atoms with Gasteiger partial charge in [-0.15, -0.1) is 0 Å². The molecule has 0 aliphatic heterocycles. The molecule has 0 aliphatic carbocycles. The third-order valence-electron chi connectivity index (χ3n) is 6.14. The highest BCUT2D eigenvalue weighted by Gasteiger charge is 2.14. The van der Waals surface area contributed by atoms with Gasteiger partial charge in [0.25, 0.3) is 5.91 Å². The molecule has 4 rings (SSSR count). The van der Waals surface area contributed by atoms with Crippen molar-refractivity contribution in [3.8, 4) is 0 Å².